The lowest BCUT2D eigenvalue weighted by Crippen LogP contribution is -2.08. The fourth-order valence-electron chi connectivity index (χ4n) is 1.05. The highest BCUT2D eigenvalue weighted by molar-refractivity contribution is 14.2. The molecule has 0 saturated carbocycles. The lowest BCUT2D eigenvalue weighted by Gasteiger charge is -2.10. The summed E-state index contributed by atoms with van der Waals surface area (Å²) in [4.78, 5) is 0. The van der Waals surface area contributed by atoms with Crippen molar-refractivity contribution >= 4 is 45.2 Å². The molecule has 0 bridgehead atoms. The number of nitriles is 1. The third-order valence-electron chi connectivity index (χ3n) is 1.83. The van der Waals surface area contributed by atoms with E-state index < -0.39 is 1.43 Å². The number of aryl methyl sites for hydroxylation is 1. The first kappa shape index (κ1) is 12.2. The molecule has 1 rings (SSSR count). The highest BCUT2D eigenvalue weighted by atomic mass is 127. The van der Waals surface area contributed by atoms with E-state index in [0.717, 1.165) is 0 Å². The molecule has 0 radical (unpaired) electrons. The Morgan fingerprint density at radius 2 is 2.00 bits per heavy atom. The first-order valence-electron chi connectivity index (χ1n) is 4.08. The molecule has 0 aliphatic rings. The molecule has 0 unspecified atom stereocenters. The van der Waals surface area contributed by atoms with Crippen LogP contribution in [0.4, 0.5) is 4.39 Å². The van der Waals surface area contributed by atoms with Gasteiger partial charge in [0.1, 0.15) is 5.82 Å². The van der Waals surface area contributed by atoms with Crippen molar-refractivity contribution in [1.29, 1.82) is 5.26 Å². The Morgan fingerprint density at radius 3 is 2.57 bits per heavy atom. The summed E-state index contributed by atoms with van der Waals surface area (Å²) in [6.45, 7) is 0. The number of rotatable bonds is 3. The van der Waals surface area contributed by atoms with Crippen molar-refractivity contribution in [3.05, 3.63) is 35.6 Å². The number of halogens is 3. The molecular formula is C10H8FI2N. The Balaban J connectivity index is 2.64. The SMILES string of the molecule is N#CC(I)(I)CCc1ccccc1F. The van der Waals surface area contributed by atoms with Crippen LogP contribution in [0.1, 0.15) is 12.0 Å². The second kappa shape index (κ2) is 5.26. The van der Waals surface area contributed by atoms with Crippen LogP contribution in [-0.4, -0.2) is 1.43 Å². The van der Waals surface area contributed by atoms with E-state index in [1.54, 1.807) is 12.1 Å². The molecule has 0 spiro atoms. The van der Waals surface area contributed by atoms with E-state index in [1.165, 1.54) is 6.07 Å². The summed E-state index contributed by atoms with van der Waals surface area (Å²) in [6, 6.07) is 8.87. The third-order valence-corrected chi connectivity index (χ3v) is 3.39. The quantitative estimate of drug-likeness (QED) is 0.544. The predicted molar refractivity (Wildman–Crippen MR) is 71.1 cm³/mol. The van der Waals surface area contributed by atoms with Crippen LogP contribution in [0.25, 0.3) is 0 Å². The summed E-state index contributed by atoms with van der Waals surface area (Å²) in [5.41, 5.74) is 0.681. The van der Waals surface area contributed by atoms with Gasteiger partial charge in [0.2, 0.25) is 0 Å². The van der Waals surface area contributed by atoms with Gasteiger partial charge >= 0.3 is 0 Å². The van der Waals surface area contributed by atoms with Crippen LogP contribution >= 0.6 is 45.2 Å². The van der Waals surface area contributed by atoms with Gasteiger partial charge in [-0.15, -0.1) is 0 Å². The van der Waals surface area contributed by atoms with Gasteiger partial charge in [-0.25, -0.2) is 4.39 Å². The Morgan fingerprint density at radius 1 is 1.36 bits per heavy atom. The average Bonchev–Trinajstić information content (AvgIpc) is 2.17. The van der Waals surface area contributed by atoms with Crippen LogP contribution in [0.5, 0.6) is 0 Å². The normalized spacial score (nSPS) is 11.0. The highest BCUT2D eigenvalue weighted by Crippen LogP contribution is 2.32. The predicted octanol–water partition coefficient (Wildman–Crippen LogP) is 3.85. The summed E-state index contributed by atoms with van der Waals surface area (Å²) < 4.78 is 12.7. The van der Waals surface area contributed by atoms with Gasteiger partial charge in [-0.2, -0.15) is 5.26 Å². The molecule has 1 aromatic carbocycles. The minimum Gasteiger partial charge on any atom is -0.207 e. The zero-order chi connectivity index (χ0) is 10.6. The Labute approximate surface area is 110 Å². The molecule has 0 amide bonds. The molecule has 0 N–H and O–H groups in total. The third kappa shape index (κ3) is 3.69. The van der Waals surface area contributed by atoms with E-state index in [0.29, 0.717) is 18.4 Å². The van der Waals surface area contributed by atoms with E-state index in [4.69, 9.17) is 5.26 Å². The molecule has 4 heteroatoms. The topological polar surface area (TPSA) is 23.8 Å². The lowest BCUT2D eigenvalue weighted by atomic mass is 10.1. The van der Waals surface area contributed by atoms with Gasteiger partial charge in [-0.1, -0.05) is 63.4 Å². The minimum absolute atomic E-state index is 0.186. The van der Waals surface area contributed by atoms with Crippen molar-refractivity contribution in [3.8, 4) is 6.07 Å². The van der Waals surface area contributed by atoms with Crippen molar-refractivity contribution < 1.29 is 4.39 Å². The van der Waals surface area contributed by atoms with Gasteiger partial charge in [-0.05, 0) is 24.5 Å². The summed E-state index contributed by atoms with van der Waals surface area (Å²) >= 11 is 4.16. The zero-order valence-electron chi connectivity index (χ0n) is 7.30. The molecule has 14 heavy (non-hydrogen) atoms. The van der Waals surface area contributed by atoms with Crippen LogP contribution in [0.3, 0.4) is 0 Å². The maximum Gasteiger partial charge on any atom is 0.159 e. The van der Waals surface area contributed by atoms with E-state index in [9.17, 15) is 4.39 Å². The van der Waals surface area contributed by atoms with Crippen molar-refractivity contribution in [3.63, 3.8) is 0 Å². The maximum absolute atomic E-state index is 13.2. The second-order valence-corrected chi connectivity index (χ2v) is 8.65. The Hall–Kier alpha value is 0.1000. The number of alkyl halides is 2. The largest absolute Gasteiger partial charge is 0.207 e. The molecule has 0 fully saturated rings. The molecule has 1 nitrogen and oxygen atoms in total. The molecule has 0 aliphatic carbocycles. The van der Waals surface area contributed by atoms with Crippen molar-refractivity contribution in [2.24, 2.45) is 0 Å². The highest BCUT2D eigenvalue weighted by Gasteiger charge is 2.21. The zero-order valence-corrected chi connectivity index (χ0v) is 11.6. The van der Waals surface area contributed by atoms with Crippen LogP contribution in [0.15, 0.2) is 24.3 Å². The summed E-state index contributed by atoms with van der Waals surface area (Å²) in [7, 11) is 0. The standard InChI is InChI=1S/C10H8FI2N/c11-9-4-2-1-3-8(9)5-6-10(12,13)7-14/h1-4H,5-6H2. The van der Waals surface area contributed by atoms with Gasteiger partial charge < -0.3 is 0 Å². The minimum atomic E-state index is -0.433. The number of hydrogen-bond donors (Lipinski definition) is 0. The lowest BCUT2D eigenvalue weighted by molar-refractivity contribution is 0.606. The average molecular weight is 415 g/mol. The van der Waals surface area contributed by atoms with Crippen LogP contribution in [0, 0.1) is 17.1 Å². The number of benzene rings is 1. The first-order chi connectivity index (χ1) is 6.55. The van der Waals surface area contributed by atoms with Gasteiger partial charge in [0.05, 0.1) is 6.07 Å². The monoisotopic (exact) mass is 415 g/mol. The van der Waals surface area contributed by atoms with Crippen molar-refractivity contribution in [1.82, 2.24) is 0 Å². The van der Waals surface area contributed by atoms with E-state index in [1.807, 2.05) is 6.07 Å². The Bertz CT molecular complexity index is 357. The van der Waals surface area contributed by atoms with Gasteiger partial charge in [-0.3, -0.25) is 0 Å². The maximum atomic E-state index is 13.2. The smallest absolute Gasteiger partial charge is 0.159 e. The Kier molecular flexibility index (Phi) is 4.57. The fraction of sp³-hybridized carbons (Fsp3) is 0.300. The number of hydrogen-bond acceptors (Lipinski definition) is 1. The second-order valence-electron chi connectivity index (χ2n) is 2.91. The summed E-state index contributed by atoms with van der Waals surface area (Å²) in [6.07, 6.45) is 1.26. The molecule has 1 aromatic rings. The van der Waals surface area contributed by atoms with Gasteiger partial charge in [0.25, 0.3) is 0 Å². The van der Waals surface area contributed by atoms with Crippen LogP contribution < -0.4 is 0 Å². The summed E-state index contributed by atoms with van der Waals surface area (Å²) in [5.74, 6) is -0.186. The van der Waals surface area contributed by atoms with Gasteiger partial charge in [0.15, 0.2) is 1.43 Å². The van der Waals surface area contributed by atoms with Crippen LogP contribution in [0.2, 0.25) is 0 Å². The van der Waals surface area contributed by atoms with Gasteiger partial charge in [0, 0.05) is 0 Å². The molecule has 0 aliphatic heterocycles. The van der Waals surface area contributed by atoms with Crippen molar-refractivity contribution in [2.45, 2.75) is 14.3 Å². The number of nitrogens with zero attached hydrogens (tertiary/aromatic N) is 1. The van der Waals surface area contributed by atoms with E-state index in [-0.39, 0.29) is 5.82 Å². The molecule has 0 heterocycles. The van der Waals surface area contributed by atoms with Crippen LogP contribution in [-0.2, 0) is 6.42 Å². The fourth-order valence-corrected chi connectivity index (χ4v) is 1.59. The molecule has 74 valence electrons. The molecule has 0 aromatic heterocycles. The molecule has 0 saturated heterocycles. The summed E-state index contributed by atoms with van der Waals surface area (Å²) in [5, 5.41) is 8.78. The molecule has 0 atom stereocenters. The molecular weight excluding hydrogens is 407 g/mol. The van der Waals surface area contributed by atoms with E-state index in [2.05, 4.69) is 51.3 Å². The first-order valence-corrected chi connectivity index (χ1v) is 6.23. The van der Waals surface area contributed by atoms with E-state index >= 15 is 0 Å². The van der Waals surface area contributed by atoms with Crippen molar-refractivity contribution in [2.75, 3.05) is 0 Å².